The van der Waals surface area contributed by atoms with E-state index in [1.807, 2.05) is 38.1 Å². The van der Waals surface area contributed by atoms with Crippen LogP contribution in [0.25, 0.3) is 11.4 Å². The van der Waals surface area contributed by atoms with Crippen LogP contribution in [-0.4, -0.2) is 43.2 Å². The molecule has 0 saturated heterocycles. The molecule has 1 aromatic heterocycles. The van der Waals surface area contributed by atoms with Crippen molar-refractivity contribution in [1.82, 2.24) is 25.5 Å². The highest BCUT2D eigenvalue weighted by atomic mass is 16.4. The molecular formula is C15H19N5O3. The van der Waals surface area contributed by atoms with Crippen molar-refractivity contribution in [2.45, 2.75) is 39.3 Å². The maximum Gasteiger partial charge on any atom is 0.326 e. The van der Waals surface area contributed by atoms with E-state index in [2.05, 4.69) is 20.7 Å². The van der Waals surface area contributed by atoms with Crippen molar-refractivity contribution < 1.29 is 14.7 Å². The van der Waals surface area contributed by atoms with Gasteiger partial charge in [-0.05, 0) is 18.6 Å². The number of carboxylic acids is 1. The SMILES string of the molecule is CCCC(NC(=O)Cn1nnc(-c2ccc(C)cc2)n1)C(=O)O. The molecule has 0 aliphatic heterocycles. The summed E-state index contributed by atoms with van der Waals surface area (Å²) < 4.78 is 0. The summed E-state index contributed by atoms with van der Waals surface area (Å²) in [5.74, 6) is -1.09. The van der Waals surface area contributed by atoms with Crippen LogP contribution in [-0.2, 0) is 16.1 Å². The zero-order chi connectivity index (χ0) is 16.8. The van der Waals surface area contributed by atoms with Crippen LogP contribution in [0.2, 0.25) is 0 Å². The van der Waals surface area contributed by atoms with Gasteiger partial charge in [0.15, 0.2) is 0 Å². The highest BCUT2D eigenvalue weighted by molar-refractivity contribution is 5.83. The molecule has 0 fully saturated rings. The largest absolute Gasteiger partial charge is 0.480 e. The van der Waals surface area contributed by atoms with Crippen LogP contribution in [0.1, 0.15) is 25.3 Å². The number of carboxylic acid groups (broad SMARTS) is 1. The Kier molecular flexibility index (Phi) is 5.40. The summed E-state index contributed by atoms with van der Waals surface area (Å²) in [6, 6.07) is 6.72. The van der Waals surface area contributed by atoms with Crippen LogP contribution >= 0.6 is 0 Å². The third kappa shape index (κ3) is 4.60. The molecule has 23 heavy (non-hydrogen) atoms. The Morgan fingerprint density at radius 2 is 2.00 bits per heavy atom. The molecule has 0 aliphatic carbocycles. The van der Waals surface area contributed by atoms with Gasteiger partial charge in [-0.15, -0.1) is 10.2 Å². The predicted molar refractivity (Wildman–Crippen MR) is 82.5 cm³/mol. The monoisotopic (exact) mass is 317 g/mol. The minimum absolute atomic E-state index is 0.174. The molecule has 0 saturated carbocycles. The summed E-state index contributed by atoms with van der Waals surface area (Å²) in [6.07, 6.45) is 1.04. The van der Waals surface area contributed by atoms with Crippen molar-refractivity contribution >= 4 is 11.9 Å². The van der Waals surface area contributed by atoms with E-state index in [0.29, 0.717) is 18.7 Å². The molecule has 0 spiro atoms. The maximum atomic E-state index is 11.9. The number of tetrazole rings is 1. The van der Waals surface area contributed by atoms with Crippen LogP contribution in [0, 0.1) is 6.92 Å². The number of aliphatic carboxylic acids is 1. The number of aromatic nitrogens is 4. The zero-order valence-electron chi connectivity index (χ0n) is 13.1. The Hall–Kier alpha value is -2.77. The maximum absolute atomic E-state index is 11.9. The number of nitrogens with zero attached hydrogens (tertiary/aromatic N) is 4. The minimum atomic E-state index is -1.05. The molecule has 2 aromatic rings. The normalized spacial score (nSPS) is 11.9. The molecule has 0 bridgehead atoms. The quantitative estimate of drug-likeness (QED) is 0.789. The standard InChI is InChI=1S/C15H19N5O3/c1-3-4-12(15(22)23)16-13(21)9-20-18-14(17-19-20)11-7-5-10(2)6-8-11/h5-8,12H,3-4,9H2,1-2H3,(H,16,21)(H,22,23). The number of carbonyl (C=O) groups excluding carboxylic acids is 1. The number of aryl methyl sites for hydroxylation is 1. The molecule has 1 atom stereocenters. The van der Waals surface area contributed by atoms with E-state index < -0.39 is 17.9 Å². The van der Waals surface area contributed by atoms with E-state index >= 15 is 0 Å². The van der Waals surface area contributed by atoms with Gasteiger partial charge in [-0.2, -0.15) is 4.80 Å². The number of amides is 1. The fourth-order valence-electron chi connectivity index (χ4n) is 2.04. The lowest BCUT2D eigenvalue weighted by Gasteiger charge is -2.12. The van der Waals surface area contributed by atoms with Crippen molar-refractivity contribution in [3.05, 3.63) is 29.8 Å². The van der Waals surface area contributed by atoms with Crippen molar-refractivity contribution in [1.29, 1.82) is 0 Å². The third-order valence-corrected chi connectivity index (χ3v) is 3.26. The van der Waals surface area contributed by atoms with Gasteiger partial charge in [0.25, 0.3) is 0 Å². The number of carbonyl (C=O) groups is 2. The lowest BCUT2D eigenvalue weighted by molar-refractivity contribution is -0.142. The minimum Gasteiger partial charge on any atom is -0.480 e. The van der Waals surface area contributed by atoms with E-state index in [1.54, 1.807) is 0 Å². The van der Waals surface area contributed by atoms with Crippen molar-refractivity contribution in [2.24, 2.45) is 0 Å². The molecule has 0 radical (unpaired) electrons. The Bertz CT molecular complexity index is 681. The summed E-state index contributed by atoms with van der Waals surface area (Å²) >= 11 is 0. The first kappa shape index (κ1) is 16.6. The molecule has 1 aromatic carbocycles. The van der Waals surface area contributed by atoms with Gasteiger partial charge < -0.3 is 10.4 Å². The van der Waals surface area contributed by atoms with Crippen LogP contribution < -0.4 is 5.32 Å². The van der Waals surface area contributed by atoms with Crippen LogP contribution in [0.3, 0.4) is 0 Å². The lowest BCUT2D eigenvalue weighted by Crippen LogP contribution is -2.42. The van der Waals surface area contributed by atoms with Gasteiger partial charge in [-0.25, -0.2) is 4.79 Å². The van der Waals surface area contributed by atoms with Crippen LogP contribution in [0.4, 0.5) is 0 Å². The molecule has 1 unspecified atom stereocenters. The van der Waals surface area contributed by atoms with Gasteiger partial charge >= 0.3 is 5.97 Å². The summed E-state index contributed by atoms with van der Waals surface area (Å²) in [6.45, 7) is 3.66. The summed E-state index contributed by atoms with van der Waals surface area (Å²) in [4.78, 5) is 24.1. The topological polar surface area (TPSA) is 110 Å². The predicted octanol–water partition coefficient (Wildman–Crippen LogP) is 1.02. The highest BCUT2D eigenvalue weighted by Gasteiger charge is 2.19. The summed E-state index contributed by atoms with van der Waals surface area (Å²) in [5.41, 5.74) is 1.92. The van der Waals surface area contributed by atoms with E-state index in [-0.39, 0.29) is 6.54 Å². The smallest absolute Gasteiger partial charge is 0.326 e. The zero-order valence-corrected chi connectivity index (χ0v) is 13.1. The molecule has 0 aliphatic rings. The molecule has 2 rings (SSSR count). The van der Waals surface area contributed by atoms with Gasteiger partial charge in [-0.3, -0.25) is 4.79 Å². The van der Waals surface area contributed by atoms with Crippen molar-refractivity contribution in [2.75, 3.05) is 0 Å². The van der Waals surface area contributed by atoms with Crippen molar-refractivity contribution in [3.8, 4) is 11.4 Å². The van der Waals surface area contributed by atoms with Gasteiger partial charge in [0.2, 0.25) is 11.7 Å². The molecule has 1 amide bonds. The summed E-state index contributed by atoms with van der Waals surface area (Å²) in [5, 5.41) is 23.3. The molecule has 8 nitrogen and oxygen atoms in total. The Morgan fingerprint density at radius 1 is 1.30 bits per heavy atom. The first-order valence-electron chi connectivity index (χ1n) is 7.36. The van der Waals surface area contributed by atoms with Crippen LogP contribution in [0.5, 0.6) is 0 Å². The average molecular weight is 317 g/mol. The summed E-state index contributed by atoms with van der Waals surface area (Å²) in [7, 11) is 0. The van der Waals surface area contributed by atoms with E-state index in [1.165, 1.54) is 0 Å². The van der Waals surface area contributed by atoms with Gasteiger partial charge in [-0.1, -0.05) is 43.2 Å². The first-order valence-corrected chi connectivity index (χ1v) is 7.36. The third-order valence-electron chi connectivity index (χ3n) is 3.26. The molecule has 122 valence electrons. The first-order chi connectivity index (χ1) is 11.0. The molecule has 1 heterocycles. The number of nitrogens with one attached hydrogen (secondary N) is 1. The van der Waals surface area contributed by atoms with E-state index in [0.717, 1.165) is 15.9 Å². The number of benzene rings is 1. The fourth-order valence-corrected chi connectivity index (χ4v) is 2.04. The fraction of sp³-hybridized carbons (Fsp3) is 0.400. The Morgan fingerprint density at radius 3 is 2.61 bits per heavy atom. The highest BCUT2D eigenvalue weighted by Crippen LogP contribution is 2.13. The van der Waals surface area contributed by atoms with Gasteiger partial charge in [0, 0.05) is 5.56 Å². The number of hydrogen-bond acceptors (Lipinski definition) is 5. The van der Waals surface area contributed by atoms with E-state index in [4.69, 9.17) is 5.11 Å². The Balaban J connectivity index is 1.99. The second-order valence-corrected chi connectivity index (χ2v) is 5.26. The van der Waals surface area contributed by atoms with Crippen molar-refractivity contribution in [3.63, 3.8) is 0 Å². The number of hydrogen-bond donors (Lipinski definition) is 2. The van der Waals surface area contributed by atoms with Crippen LogP contribution in [0.15, 0.2) is 24.3 Å². The van der Waals surface area contributed by atoms with Gasteiger partial charge in [0.05, 0.1) is 0 Å². The van der Waals surface area contributed by atoms with Gasteiger partial charge in [0.1, 0.15) is 12.6 Å². The average Bonchev–Trinajstić information content (AvgIpc) is 2.95. The molecule has 2 N–H and O–H groups in total. The van der Waals surface area contributed by atoms with E-state index in [9.17, 15) is 9.59 Å². The molecule has 8 heteroatoms. The molecular weight excluding hydrogens is 298 g/mol. The Labute approximate surface area is 133 Å². The number of rotatable bonds is 7. The lowest BCUT2D eigenvalue weighted by atomic mass is 10.1. The second-order valence-electron chi connectivity index (χ2n) is 5.26. The second kappa shape index (κ2) is 7.48.